The van der Waals surface area contributed by atoms with E-state index in [0.29, 0.717) is 5.56 Å². The van der Waals surface area contributed by atoms with Gasteiger partial charge in [0.15, 0.2) is 0 Å². The van der Waals surface area contributed by atoms with Crippen molar-refractivity contribution in [2.45, 2.75) is 30.7 Å². The molecule has 0 radical (unpaired) electrons. The van der Waals surface area contributed by atoms with Gasteiger partial charge < -0.3 is 39.7 Å². The molecule has 0 aliphatic carbocycles. The van der Waals surface area contributed by atoms with Gasteiger partial charge in [0.05, 0.1) is 5.56 Å². The SMILES string of the molecule is O=C(/C=C/c1ccc(O)cc1)OC[C@H]1O[C@@H](OC(=O)c2ccc(O)cc2)[C@H](O)[C@@H](O)[C@@H]1O. The number of rotatable bonds is 6. The maximum atomic E-state index is 12.2. The van der Waals surface area contributed by atoms with E-state index in [9.17, 15) is 35.1 Å². The summed E-state index contributed by atoms with van der Waals surface area (Å²) in [6.45, 7) is -0.489. The van der Waals surface area contributed by atoms with Gasteiger partial charge >= 0.3 is 11.9 Å². The highest BCUT2D eigenvalue weighted by molar-refractivity contribution is 5.89. The molecular weight excluding hydrogens is 424 g/mol. The number of carbonyl (C=O) groups is 2. The highest BCUT2D eigenvalue weighted by Gasteiger charge is 2.46. The largest absolute Gasteiger partial charge is 0.508 e. The normalized spacial score (nSPS) is 25.4. The number of benzene rings is 2. The van der Waals surface area contributed by atoms with E-state index in [4.69, 9.17) is 14.2 Å². The zero-order valence-electron chi connectivity index (χ0n) is 16.6. The quantitative estimate of drug-likeness (QED) is 0.308. The number of hydrogen-bond donors (Lipinski definition) is 5. The van der Waals surface area contributed by atoms with Gasteiger partial charge in [0.1, 0.15) is 42.5 Å². The smallest absolute Gasteiger partial charge is 0.340 e. The number of aromatic hydroxyl groups is 2. The van der Waals surface area contributed by atoms with Crippen molar-refractivity contribution in [2.24, 2.45) is 0 Å². The fourth-order valence-electron chi connectivity index (χ4n) is 2.88. The van der Waals surface area contributed by atoms with Crippen molar-refractivity contribution in [3.63, 3.8) is 0 Å². The first-order valence-electron chi connectivity index (χ1n) is 9.58. The molecule has 0 saturated carbocycles. The molecule has 0 spiro atoms. The molecule has 170 valence electrons. The van der Waals surface area contributed by atoms with Crippen LogP contribution in [0.4, 0.5) is 0 Å². The third-order valence-corrected chi connectivity index (χ3v) is 4.69. The van der Waals surface area contributed by atoms with Crippen LogP contribution >= 0.6 is 0 Å². The fourth-order valence-corrected chi connectivity index (χ4v) is 2.88. The molecule has 10 nitrogen and oxygen atoms in total. The monoisotopic (exact) mass is 446 g/mol. The van der Waals surface area contributed by atoms with Crippen LogP contribution < -0.4 is 0 Å². The Balaban J connectivity index is 1.58. The Labute approximate surface area is 182 Å². The zero-order chi connectivity index (χ0) is 23.3. The first-order chi connectivity index (χ1) is 15.2. The van der Waals surface area contributed by atoms with Crippen LogP contribution in [0.15, 0.2) is 54.6 Å². The third-order valence-electron chi connectivity index (χ3n) is 4.69. The van der Waals surface area contributed by atoms with Crippen LogP contribution in [0.25, 0.3) is 6.08 Å². The predicted molar refractivity (Wildman–Crippen MR) is 108 cm³/mol. The molecule has 0 bridgehead atoms. The lowest BCUT2D eigenvalue weighted by Crippen LogP contribution is -2.59. The van der Waals surface area contributed by atoms with Crippen LogP contribution in [0.3, 0.4) is 0 Å². The lowest BCUT2D eigenvalue weighted by Gasteiger charge is -2.39. The number of esters is 2. The van der Waals surface area contributed by atoms with Crippen molar-refractivity contribution < 1.29 is 49.3 Å². The van der Waals surface area contributed by atoms with Crippen molar-refractivity contribution >= 4 is 18.0 Å². The van der Waals surface area contributed by atoms with E-state index in [0.717, 1.165) is 6.08 Å². The maximum Gasteiger partial charge on any atom is 0.340 e. The van der Waals surface area contributed by atoms with Gasteiger partial charge in [-0.15, -0.1) is 0 Å². The molecule has 0 aromatic heterocycles. The number of aliphatic hydroxyl groups excluding tert-OH is 3. The Bertz CT molecular complexity index is 954. The molecule has 1 aliphatic rings. The summed E-state index contributed by atoms with van der Waals surface area (Å²) in [6, 6.07) is 11.2. The summed E-state index contributed by atoms with van der Waals surface area (Å²) in [5.41, 5.74) is 0.690. The minimum Gasteiger partial charge on any atom is -0.508 e. The molecule has 1 saturated heterocycles. The lowest BCUT2D eigenvalue weighted by atomic mass is 9.99. The molecule has 1 fully saturated rings. The predicted octanol–water partition coefficient (Wildman–Crippen LogP) is 0.319. The molecule has 0 amide bonds. The highest BCUT2D eigenvalue weighted by Crippen LogP contribution is 2.24. The van der Waals surface area contributed by atoms with Gasteiger partial charge in [0.2, 0.25) is 6.29 Å². The van der Waals surface area contributed by atoms with Gasteiger partial charge in [-0.2, -0.15) is 0 Å². The van der Waals surface area contributed by atoms with Crippen LogP contribution in [0.1, 0.15) is 15.9 Å². The molecule has 2 aromatic rings. The van der Waals surface area contributed by atoms with Crippen LogP contribution in [0.5, 0.6) is 11.5 Å². The average Bonchev–Trinajstić information content (AvgIpc) is 2.78. The molecule has 1 heterocycles. The van der Waals surface area contributed by atoms with E-state index in [1.54, 1.807) is 12.1 Å². The number of carbonyl (C=O) groups excluding carboxylic acids is 2. The summed E-state index contributed by atoms with van der Waals surface area (Å²) in [5, 5.41) is 48.8. The standard InChI is InChI=1S/C22H22O10/c23-14-6-1-12(2-7-14)3-10-17(25)30-11-16-18(26)19(27)20(28)22(31-16)32-21(29)13-4-8-15(24)9-5-13/h1-10,16,18-20,22-24,26-28H,11H2/b10-3+/t16-,18-,19+,20-,22+/m1/s1. The summed E-state index contributed by atoms with van der Waals surface area (Å²) in [5.74, 6) is -1.65. The molecule has 1 aliphatic heterocycles. The Kier molecular flexibility index (Phi) is 7.44. The van der Waals surface area contributed by atoms with Gasteiger partial charge in [0.25, 0.3) is 0 Å². The van der Waals surface area contributed by atoms with E-state index < -0.39 is 49.3 Å². The second-order valence-corrected chi connectivity index (χ2v) is 7.02. The molecular formula is C22H22O10. The van der Waals surface area contributed by atoms with Crippen LogP contribution in [-0.4, -0.2) is 74.8 Å². The second-order valence-electron chi connectivity index (χ2n) is 7.02. The number of phenolic OH excluding ortho intramolecular Hbond substituents is 2. The van der Waals surface area contributed by atoms with E-state index in [1.165, 1.54) is 42.5 Å². The second kappa shape index (κ2) is 10.2. The summed E-state index contributed by atoms with van der Waals surface area (Å²) in [4.78, 5) is 24.2. The summed E-state index contributed by atoms with van der Waals surface area (Å²) >= 11 is 0. The summed E-state index contributed by atoms with van der Waals surface area (Å²) < 4.78 is 15.4. The van der Waals surface area contributed by atoms with Gasteiger partial charge in [0, 0.05) is 6.08 Å². The van der Waals surface area contributed by atoms with E-state index in [2.05, 4.69) is 0 Å². The Morgan fingerprint density at radius 1 is 0.875 bits per heavy atom. The summed E-state index contributed by atoms with van der Waals surface area (Å²) in [6.07, 6.45) is -5.42. The van der Waals surface area contributed by atoms with Gasteiger partial charge in [-0.25, -0.2) is 9.59 Å². The van der Waals surface area contributed by atoms with E-state index in [-0.39, 0.29) is 17.1 Å². The van der Waals surface area contributed by atoms with Crippen molar-refractivity contribution in [2.75, 3.05) is 6.61 Å². The molecule has 10 heteroatoms. The van der Waals surface area contributed by atoms with E-state index >= 15 is 0 Å². The first kappa shape index (κ1) is 23.2. The van der Waals surface area contributed by atoms with Crippen molar-refractivity contribution in [3.8, 4) is 11.5 Å². The van der Waals surface area contributed by atoms with Gasteiger partial charge in [-0.1, -0.05) is 12.1 Å². The minimum absolute atomic E-state index is 0.0570. The molecule has 2 aromatic carbocycles. The average molecular weight is 446 g/mol. The Morgan fingerprint density at radius 2 is 1.47 bits per heavy atom. The minimum atomic E-state index is -1.74. The molecule has 0 unspecified atom stereocenters. The first-order valence-corrected chi connectivity index (χ1v) is 9.58. The van der Waals surface area contributed by atoms with Crippen LogP contribution in [0.2, 0.25) is 0 Å². The summed E-state index contributed by atoms with van der Waals surface area (Å²) in [7, 11) is 0. The van der Waals surface area contributed by atoms with Gasteiger partial charge in [-0.3, -0.25) is 0 Å². The number of aliphatic hydroxyl groups is 3. The molecule has 5 atom stereocenters. The van der Waals surface area contributed by atoms with Crippen molar-refractivity contribution in [3.05, 3.63) is 65.7 Å². The molecule has 3 rings (SSSR count). The van der Waals surface area contributed by atoms with Crippen molar-refractivity contribution in [1.29, 1.82) is 0 Å². The van der Waals surface area contributed by atoms with Crippen LogP contribution in [-0.2, 0) is 19.0 Å². The maximum absolute atomic E-state index is 12.2. The number of hydrogen-bond acceptors (Lipinski definition) is 10. The molecule has 32 heavy (non-hydrogen) atoms. The Morgan fingerprint density at radius 3 is 2.09 bits per heavy atom. The Hall–Kier alpha value is -3.44. The third kappa shape index (κ3) is 5.83. The number of ether oxygens (including phenoxy) is 3. The molecule has 5 N–H and O–H groups in total. The number of phenols is 2. The zero-order valence-corrected chi connectivity index (χ0v) is 16.6. The topological polar surface area (TPSA) is 163 Å². The lowest BCUT2D eigenvalue weighted by molar-refractivity contribution is -0.285. The van der Waals surface area contributed by atoms with Gasteiger partial charge in [-0.05, 0) is 48.0 Å². The van der Waals surface area contributed by atoms with Crippen LogP contribution in [0, 0.1) is 0 Å². The highest BCUT2D eigenvalue weighted by atomic mass is 16.7. The van der Waals surface area contributed by atoms with E-state index in [1.807, 2.05) is 0 Å². The fraction of sp³-hybridized carbons (Fsp3) is 0.273. The van der Waals surface area contributed by atoms with Crippen molar-refractivity contribution in [1.82, 2.24) is 0 Å².